The number of carbonyl (C=O) groups is 2. The molecule has 2 amide bonds. The molecular weight excluding hydrogens is 488 g/mol. The number of methoxy groups -OCH3 is 1. The minimum absolute atomic E-state index is 0.0652. The molecule has 4 heterocycles. The lowest BCUT2D eigenvalue weighted by Crippen LogP contribution is -2.51. The van der Waals surface area contributed by atoms with Gasteiger partial charge < -0.3 is 29.6 Å². The van der Waals surface area contributed by atoms with E-state index in [9.17, 15) is 9.59 Å². The van der Waals surface area contributed by atoms with Crippen LogP contribution in [0.4, 0.5) is 0 Å². The van der Waals surface area contributed by atoms with E-state index in [0.29, 0.717) is 42.4 Å². The van der Waals surface area contributed by atoms with Crippen molar-refractivity contribution in [2.75, 3.05) is 27.4 Å². The molecule has 198 valence electrons. The van der Waals surface area contributed by atoms with Crippen LogP contribution in [0.2, 0.25) is 0 Å². The van der Waals surface area contributed by atoms with Crippen LogP contribution in [-0.2, 0) is 15.9 Å². The number of pyridine rings is 2. The Balaban J connectivity index is 1.37. The summed E-state index contributed by atoms with van der Waals surface area (Å²) in [5, 5.41) is 0. The van der Waals surface area contributed by atoms with E-state index in [0.717, 1.165) is 29.5 Å². The molecule has 2 atom stereocenters. The molecule has 1 fully saturated rings. The number of nitrogens with zero attached hydrogens (tertiary/aromatic N) is 3. The van der Waals surface area contributed by atoms with Crippen LogP contribution in [0.15, 0.2) is 55.0 Å². The summed E-state index contributed by atoms with van der Waals surface area (Å²) < 4.78 is 23.1. The van der Waals surface area contributed by atoms with Crippen LogP contribution in [-0.4, -0.2) is 72.5 Å². The molecule has 0 saturated carbocycles. The minimum Gasteiger partial charge on any atom is -0.474 e. The summed E-state index contributed by atoms with van der Waals surface area (Å²) in [6, 6.07) is 10.4. The van der Waals surface area contributed by atoms with E-state index < -0.39 is 18.2 Å². The number of amides is 2. The van der Waals surface area contributed by atoms with Crippen molar-refractivity contribution in [3.05, 3.63) is 71.7 Å². The lowest BCUT2D eigenvalue weighted by atomic mass is 9.91. The molecule has 10 nitrogen and oxygen atoms in total. The summed E-state index contributed by atoms with van der Waals surface area (Å²) in [6.45, 7) is 1.35. The average Bonchev–Trinajstić information content (AvgIpc) is 2.96. The van der Waals surface area contributed by atoms with Crippen LogP contribution in [0.1, 0.15) is 39.1 Å². The molecule has 0 bridgehead atoms. The molecule has 10 heteroatoms. The van der Waals surface area contributed by atoms with Crippen LogP contribution in [0.25, 0.3) is 11.1 Å². The third-order valence-electron chi connectivity index (χ3n) is 6.93. The number of rotatable bonds is 7. The highest BCUT2D eigenvalue weighted by Gasteiger charge is 2.37. The molecule has 2 aliphatic heterocycles. The van der Waals surface area contributed by atoms with Gasteiger partial charge in [0, 0.05) is 69.2 Å². The third-order valence-corrected chi connectivity index (χ3v) is 6.93. The fourth-order valence-electron chi connectivity index (χ4n) is 4.81. The SMILES string of the molecule is COC1Oc2cccc(-c3cncc(C(N)=O)c3)c2C[C@@H]1N(C)C(=O)c1ccc(OC2CCOCC2)nc1. The van der Waals surface area contributed by atoms with Crippen LogP contribution in [0, 0.1) is 0 Å². The van der Waals surface area contributed by atoms with Gasteiger partial charge >= 0.3 is 0 Å². The van der Waals surface area contributed by atoms with Crippen molar-refractivity contribution in [3.63, 3.8) is 0 Å². The highest BCUT2D eigenvalue weighted by molar-refractivity contribution is 5.94. The number of ether oxygens (including phenoxy) is 4. The first-order valence-electron chi connectivity index (χ1n) is 12.5. The Bertz CT molecular complexity index is 1310. The molecule has 1 unspecified atom stereocenters. The van der Waals surface area contributed by atoms with Crippen molar-refractivity contribution in [1.82, 2.24) is 14.9 Å². The zero-order chi connectivity index (χ0) is 26.6. The molecule has 0 aliphatic carbocycles. The van der Waals surface area contributed by atoms with Gasteiger partial charge in [0.1, 0.15) is 11.9 Å². The standard InChI is InChI=1S/C28H30N4O6/c1-32(27(34)17-6-7-25(31-16-17)37-20-8-10-36-11-9-20)23-13-22-21(4-3-5-24(22)38-28(23)35-2)18-12-19(26(29)33)15-30-14-18/h3-7,12,14-16,20,23,28H,8-11,13H2,1-2H3,(H2,29,33)/t23-,28?/m0/s1. The Morgan fingerprint density at radius 3 is 2.61 bits per heavy atom. The van der Waals surface area contributed by atoms with E-state index >= 15 is 0 Å². The van der Waals surface area contributed by atoms with E-state index in [1.54, 1.807) is 43.5 Å². The van der Waals surface area contributed by atoms with Gasteiger partial charge in [0.15, 0.2) is 0 Å². The number of benzene rings is 1. The topological polar surface area (TPSA) is 126 Å². The fraction of sp³-hybridized carbons (Fsp3) is 0.357. The average molecular weight is 519 g/mol. The van der Waals surface area contributed by atoms with Gasteiger partial charge in [-0.05, 0) is 23.8 Å². The Hall–Kier alpha value is -4.02. The molecule has 1 saturated heterocycles. The number of carbonyl (C=O) groups excluding carboxylic acids is 2. The van der Waals surface area contributed by atoms with Gasteiger partial charge in [-0.25, -0.2) is 4.98 Å². The number of aromatic nitrogens is 2. The zero-order valence-electron chi connectivity index (χ0n) is 21.3. The van der Waals surface area contributed by atoms with Crippen molar-refractivity contribution in [3.8, 4) is 22.8 Å². The number of nitrogens with two attached hydrogens (primary N) is 1. The smallest absolute Gasteiger partial charge is 0.255 e. The second kappa shape index (κ2) is 11.2. The van der Waals surface area contributed by atoms with Crippen LogP contribution < -0.4 is 15.2 Å². The highest BCUT2D eigenvalue weighted by atomic mass is 16.7. The number of hydrogen-bond donors (Lipinski definition) is 1. The Morgan fingerprint density at radius 1 is 1.08 bits per heavy atom. The second-order valence-corrected chi connectivity index (χ2v) is 9.33. The normalized spacial score (nSPS) is 19.2. The monoisotopic (exact) mass is 518 g/mol. The first kappa shape index (κ1) is 25.6. The van der Waals surface area contributed by atoms with Crippen molar-refractivity contribution >= 4 is 11.8 Å². The first-order chi connectivity index (χ1) is 18.4. The molecule has 2 aromatic heterocycles. The van der Waals surface area contributed by atoms with Crippen molar-refractivity contribution in [2.45, 2.75) is 37.7 Å². The van der Waals surface area contributed by atoms with Gasteiger partial charge in [-0.2, -0.15) is 0 Å². The highest BCUT2D eigenvalue weighted by Crippen LogP contribution is 2.37. The van der Waals surface area contributed by atoms with Crippen molar-refractivity contribution in [1.29, 1.82) is 0 Å². The van der Waals surface area contributed by atoms with Gasteiger partial charge in [0.25, 0.3) is 5.91 Å². The largest absolute Gasteiger partial charge is 0.474 e. The lowest BCUT2D eigenvalue weighted by Gasteiger charge is -2.38. The molecule has 0 spiro atoms. The van der Waals surface area contributed by atoms with E-state index in [1.165, 1.54) is 12.4 Å². The second-order valence-electron chi connectivity index (χ2n) is 9.33. The van der Waals surface area contributed by atoms with E-state index in [2.05, 4.69) is 9.97 Å². The summed E-state index contributed by atoms with van der Waals surface area (Å²) in [6.07, 6.45) is 6.12. The predicted octanol–water partition coefficient (Wildman–Crippen LogP) is 2.85. The van der Waals surface area contributed by atoms with Crippen LogP contribution >= 0.6 is 0 Å². The van der Waals surface area contributed by atoms with Gasteiger partial charge in [-0.3, -0.25) is 14.6 Å². The number of primary amides is 1. The summed E-state index contributed by atoms with van der Waals surface area (Å²) in [4.78, 5) is 35.3. The zero-order valence-corrected chi connectivity index (χ0v) is 21.3. The number of hydrogen-bond acceptors (Lipinski definition) is 8. The quantitative estimate of drug-likeness (QED) is 0.506. The summed E-state index contributed by atoms with van der Waals surface area (Å²) in [5.41, 5.74) is 8.66. The summed E-state index contributed by atoms with van der Waals surface area (Å²) in [7, 11) is 3.27. The molecule has 2 aliphatic rings. The number of fused-ring (bicyclic) bond motifs is 1. The Labute approximate surface area is 220 Å². The van der Waals surface area contributed by atoms with Gasteiger partial charge in [0.2, 0.25) is 18.1 Å². The summed E-state index contributed by atoms with van der Waals surface area (Å²) in [5.74, 6) is 0.356. The first-order valence-corrected chi connectivity index (χ1v) is 12.5. The third kappa shape index (κ3) is 5.32. The maximum Gasteiger partial charge on any atom is 0.255 e. The fourth-order valence-corrected chi connectivity index (χ4v) is 4.81. The molecule has 0 radical (unpaired) electrons. The molecule has 5 rings (SSSR count). The molecule has 38 heavy (non-hydrogen) atoms. The van der Waals surface area contributed by atoms with E-state index in [-0.39, 0.29) is 12.0 Å². The molecule has 1 aromatic carbocycles. The van der Waals surface area contributed by atoms with Gasteiger partial charge in [0.05, 0.1) is 30.4 Å². The van der Waals surface area contributed by atoms with E-state index in [1.807, 2.05) is 18.2 Å². The predicted molar refractivity (Wildman–Crippen MR) is 138 cm³/mol. The Kier molecular flexibility index (Phi) is 7.52. The maximum absolute atomic E-state index is 13.4. The van der Waals surface area contributed by atoms with Crippen LogP contribution in [0.3, 0.4) is 0 Å². The van der Waals surface area contributed by atoms with Gasteiger partial charge in [-0.15, -0.1) is 0 Å². The molecule has 3 aromatic rings. The van der Waals surface area contributed by atoms with E-state index in [4.69, 9.17) is 24.7 Å². The Morgan fingerprint density at radius 2 is 1.89 bits per heavy atom. The minimum atomic E-state index is -0.675. The van der Waals surface area contributed by atoms with Crippen molar-refractivity contribution < 1.29 is 28.5 Å². The molecule has 2 N–H and O–H groups in total. The number of likely N-dealkylation sites (N-methyl/N-ethyl adjacent to an activating group) is 1. The van der Waals surface area contributed by atoms with Crippen molar-refractivity contribution in [2.24, 2.45) is 5.73 Å². The van der Waals surface area contributed by atoms with Gasteiger partial charge in [-0.1, -0.05) is 12.1 Å². The van der Waals surface area contributed by atoms with Crippen LogP contribution in [0.5, 0.6) is 11.6 Å². The summed E-state index contributed by atoms with van der Waals surface area (Å²) >= 11 is 0. The molecular formula is C28H30N4O6. The maximum atomic E-state index is 13.4. The lowest BCUT2D eigenvalue weighted by molar-refractivity contribution is -0.105.